The zero-order valence-corrected chi connectivity index (χ0v) is 32.5. The van der Waals surface area contributed by atoms with E-state index in [1.54, 1.807) is 24.3 Å². The van der Waals surface area contributed by atoms with Crippen LogP contribution in [0, 0.1) is 0 Å². The Hall–Kier alpha value is -4.40. The number of azo groups is 1. The molecule has 0 radical (unpaired) electrons. The van der Waals surface area contributed by atoms with Gasteiger partial charge in [-0.05, 0) is 79.9 Å². The third-order valence-corrected chi connectivity index (χ3v) is 9.19. The molecule has 53 heavy (non-hydrogen) atoms. The van der Waals surface area contributed by atoms with Crippen molar-refractivity contribution in [1.29, 1.82) is 0 Å². The Morgan fingerprint density at radius 3 is 1.36 bits per heavy atom. The number of hydrogen-bond donors (Lipinski definition) is 1. The summed E-state index contributed by atoms with van der Waals surface area (Å²) in [5.74, 6) is 2.94. The summed E-state index contributed by atoms with van der Waals surface area (Å²) in [5, 5.41) is 26.9. The predicted octanol–water partition coefficient (Wildman–Crippen LogP) is 13.7. The average molecular weight is 727 g/mol. The van der Waals surface area contributed by atoms with Gasteiger partial charge in [0.05, 0.1) is 31.2 Å². The first-order valence-corrected chi connectivity index (χ1v) is 20.3. The van der Waals surface area contributed by atoms with E-state index >= 15 is 0 Å². The number of benzene rings is 3. The van der Waals surface area contributed by atoms with E-state index in [9.17, 15) is 5.11 Å². The molecule has 0 aliphatic heterocycles. The molecule has 0 fully saturated rings. The van der Waals surface area contributed by atoms with Crippen LogP contribution in [-0.2, 0) is 0 Å². The number of hydrogen-bond acceptors (Lipinski definition) is 9. The van der Waals surface area contributed by atoms with Gasteiger partial charge >= 0.3 is 0 Å². The lowest BCUT2D eigenvalue weighted by Crippen LogP contribution is -2.07. The highest BCUT2D eigenvalue weighted by atomic mass is 16.5. The molecule has 0 aliphatic carbocycles. The van der Waals surface area contributed by atoms with Crippen molar-refractivity contribution in [3.63, 3.8) is 0 Å². The standard InChI is InChI=1S/C44H62N4O5/c1-4-7-10-13-16-19-30-50-40-33-36(34-41(51-31-20-17-14-11-8-5-2)42(40)52-32-21-18-15-12-9-6-3)44-48-47-43(53-44)35-22-24-37(25-23-35)45-46-38-26-28-39(49)29-27-38/h22-29,33-34,49H,4-21,30-32H2,1-3H3. The van der Waals surface area contributed by atoms with Gasteiger partial charge in [0.15, 0.2) is 11.5 Å². The van der Waals surface area contributed by atoms with Crippen molar-refractivity contribution in [3.8, 4) is 45.9 Å². The fourth-order valence-corrected chi connectivity index (χ4v) is 6.00. The van der Waals surface area contributed by atoms with Crippen LogP contribution in [0.3, 0.4) is 0 Å². The lowest BCUT2D eigenvalue weighted by molar-refractivity contribution is 0.234. The topological polar surface area (TPSA) is 112 Å². The molecular formula is C44H62N4O5. The molecule has 1 N–H and O–H groups in total. The van der Waals surface area contributed by atoms with Gasteiger partial charge in [-0.2, -0.15) is 10.2 Å². The second kappa shape index (κ2) is 24.8. The summed E-state index contributed by atoms with van der Waals surface area (Å²) in [6.45, 7) is 8.55. The van der Waals surface area contributed by atoms with Crippen molar-refractivity contribution in [1.82, 2.24) is 10.2 Å². The van der Waals surface area contributed by atoms with Gasteiger partial charge < -0.3 is 23.7 Å². The Bertz CT molecular complexity index is 1550. The zero-order chi connectivity index (χ0) is 37.4. The van der Waals surface area contributed by atoms with Crippen LogP contribution in [0.1, 0.15) is 136 Å². The Balaban J connectivity index is 1.52. The van der Waals surface area contributed by atoms with Crippen molar-refractivity contribution in [2.24, 2.45) is 10.2 Å². The normalized spacial score (nSPS) is 11.4. The van der Waals surface area contributed by atoms with Crippen molar-refractivity contribution < 1.29 is 23.7 Å². The smallest absolute Gasteiger partial charge is 0.248 e. The molecule has 1 aromatic heterocycles. The van der Waals surface area contributed by atoms with E-state index in [0.717, 1.165) is 49.7 Å². The number of phenolic OH excluding ortho intramolecular Hbond substituents is 1. The number of unbranched alkanes of at least 4 members (excludes halogenated alkanes) is 15. The van der Waals surface area contributed by atoms with Gasteiger partial charge in [0.25, 0.3) is 0 Å². The first-order valence-electron chi connectivity index (χ1n) is 20.3. The van der Waals surface area contributed by atoms with Crippen molar-refractivity contribution in [2.75, 3.05) is 19.8 Å². The van der Waals surface area contributed by atoms with Crippen LogP contribution in [0.5, 0.6) is 23.0 Å². The van der Waals surface area contributed by atoms with Crippen LogP contribution in [0.15, 0.2) is 75.3 Å². The number of aromatic nitrogens is 2. The van der Waals surface area contributed by atoms with E-state index in [2.05, 4.69) is 41.2 Å². The van der Waals surface area contributed by atoms with Gasteiger partial charge in [0.2, 0.25) is 17.5 Å². The zero-order valence-electron chi connectivity index (χ0n) is 32.5. The molecule has 0 saturated carbocycles. The average Bonchev–Trinajstić information content (AvgIpc) is 3.68. The van der Waals surface area contributed by atoms with Gasteiger partial charge in [-0.1, -0.05) is 117 Å². The maximum Gasteiger partial charge on any atom is 0.248 e. The molecule has 0 spiro atoms. The van der Waals surface area contributed by atoms with Crippen molar-refractivity contribution in [2.45, 2.75) is 136 Å². The summed E-state index contributed by atoms with van der Waals surface area (Å²) in [7, 11) is 0. The SMILES string of the molecule is CCCCCCCCOc1cc(-c2nnc(-c3ccc(N=Nc4ccc(O)cc4)cc3)o2)cc(OCCCCCCCC)c1OCCCCCCCC. The summed E-state index contributed by atoms with van der Waals surface area (Å²) in [5.41, 5.74) is 2.83. The van der Waals surface area contributed by atoms with E-state index < -0.39 is 0 Å². The fraction of sp³-hybridized carbons (Fsp3) is 0.545. The molecular weight excluding hydrogens is 665 g/mol. The van der Waals surface area contributed by atoms with Gasteiger partial charge in [-0.15, -0.1) is 10.2 Å². The molecule has 0 amide bonds. The molecule has 0 atom stereocenters. The molecule has 0 saturated heterocycles. The first-order chi connectivity index (χ1) is 26.1. The third-order valence-electron chi connectivity index (χ3n) is 9.19. The number of nitrogens with zero attached hydrogens (tertiary/aromatic N) is 4. The molecule has 3 aromatic carbocycles. The summed E-state index contributed by atoms with van der Waals surface area (Å²) >= 11 is 0. The van der Waals surface area contributed by atoms with Crippen LogP contribution >= 0.6 is 0 Å². The predicted molar refractivity (Wildman–Crippen MR) is 214 cm³/mol. The minimum absolute atomic E-state index is 0.189. The van der Waals surface area contributed by atoms with Crippen molar-refractivity contribution >= 4 is 11.4 Å². The summed E-state index contributed by atoms with van der Waals surface area (Å²) < 4.78 is 25.7. The van der Waals surface area contributed by atoms with Crippen LogP contribution in [0.2, 0.25) is 0 Å². The van der Waals surface area contributed by atoms with E-state index in [1.807, 2.05) is 36.4 Å². The Morgan fingerprint density at radius 2 is 0.887 bits per heavy atom. The lowest BCUT2D eigenvalue weighted by atomic mass is 10.1. The lowest BCUT2D eigenvalue weighted by Gasteiger charge is -2.18. The quantitative estimate of drug-likeness (QED) is 0.0458. The van der Waals surface area contributed by atoms with Crippen LogP contribution in [0.4, 0.5) is 11.4 Å². The Kier molecular flexibility index (Phi) is 19.3. The number of phenols is 1. The molecule has 4 rings (SSSR count). The first kappa shape index (κ1) is 41.4. The monoisotopic (exact) mass is 726 g/mol. The largest absolute Gasteiger partial charge is 0.508 e. The molecule has 0 aliphatic rings. The number of ether oxygens (including phenoxy) is 3. The Labute approximate surface area is 317 Å². The van der Waals surface area contributed by atoms with E-state index in [1.165, 1.54) is 77.0 Å². The van der Waals surface area contributed by atoms with Gasteiger partial charge in [-0.3, -0.25) is 0 Å². The minimum atomic E-state index is 0.189. The molecule has 4 aromatic rings. The third kappa shape index (κ3) is 15.2. The second-order valence-electron chi connectivity index (χ2n) is 13.8. The van der Waals surface area contributed by atoms with Crippen LogP contribution < -0.4 is 14.2 Å². The van der Waals surface area contributed by atoms with Crippen molar-refractivity contribution in [3.05, 3.63) is 60.7 Å². The molecule has 288 valence electrons. The number of rotatable bonds is 28. The molecule has 0 unspecified atom stereocenters. The maximum atomic E-state index is 9.50. The van der Waals surface area contributed by atoms with E-state index in [4.69, 9.17) is 18.6 Å². The molecule has 1 heterocycles. The Morgan fingerprint density at radius 1 is 0.491 bits per heavy atom. The highest BCUT2D eigenvalue weighted by molar-refractivity contribution is 5.67. The summed E-state index contributed by atoms with van der Waals surface area (Å²) in [6.07, 6.45) is 21.4. The molecule has 9 heteroatoms. The fourth-order valence-electron chi connectivity index (χ4n) is 6.00. The van der Waals surface area contributed by atoms with Gasteiger partial charge in [0, 0.05) is 11.1 Å². The second-order valence-corrected chi connectivity index (χ2v) is 13.8. The van der Waals surface area contributed by atoms with Crippen LogP contribution in [-0.4, -0.2) is 35.1 Å². The summed E-state index contributed by atoms with van der Waals surface area (Å²) in [6, 6.07) is 17.9. The molecule has 9 nitrogen and oxygen atoms in total. The molecule has 0 bridgehead atoms. The van der Waals surface area contributed by atoms with E-state index in [0.29, 0.717) is 60.2 Å². The highest BCUT2D eigenvalue weighted by Crippen LogP contribution is 2.42. The van der Waals surface area contributed by atoms with Gasteiger partial charge in [0.1, 0.15) is 5.75 Å². The minimum Gasteiger partial charge on any atom is -0.508 e. The van der Waals surface area contributed by atoms with E-state index in [-0.39, 0.29) is 5.75 Å². The van der Waals surface area contributed by atoms with Gasteiger partial charge in [-0.25, -0.2) is 0 Å². The number of aromatic hydroxyl groups is 1. The maximum absolute atomic E-state index is 9.50. The van der Waals surface area contributed by atoms with Crippen LogP contribution in [0.25, 0.3) is 22.9 Å². The highest BCUT2D eigenvalue weighted by Gasteiger charge is 2.20. The summed E-state index contributed by atoms with van der Waals surface area (Å²) in [4.78, 5) is 0.